The number of likely N-dealkylation sites (tertiary alicyclic amines) is 1. The van der Waals surface area contributed by atoms with E-state index in [0.717, 1.165) is 46.7 Å². The molecule has 0 aliphatic carbocycles. The summed E-state index contributed by atoms with van der Waals surface area (Å²) in [5.41, 5.74) is 4.14. The van der Waals surface area contributed by atoms with Gasteiger partial charge in [0.05, 0.1) is 29.9 Å². The molecule has 7 nitrogen and oxygen atoms in total. The number of aromatic amines is 1. The van der Waals surface area contributed by atoms with Gasteiger partial charge >= 0.3 is 0 Å². The van der Waals surface area contributed by atoms with Crippen molar-refractivity contribution in [1.82, 2.24) is 24.8 Å². The summed E-state index contributed by atoms with van der Waals surface area (Å²) in [6.07, 6.45) is 3.59. The molecule has 7 heteroatoms. The third-order valence-electron chi connectivity index (χ3n) is 5.71. The largest absolute Gasteiger partial charge is 0.497 e. The number of H-pyrrole nitrogens is 1. The molecular weight excluding hydrogens is 390 g/mol. The zero-order chi connectivity index (χ0) is 21.4. The van der Waals surface area contributed by atoms with Gasteiger partial charge in [-0.15, -0.1) is 0 Å². The van der Waals surface area contributed by atoms with Crippen molar-refractivity contribution in [3.05, 3.63) is 71.8 Å². The van der Waals surface area contributed by atoms with Gasteiger partial charge in [0.25, 0.3) is 5.91 Å². The van der Waals surface area contributed by atoms with E-state index in [1.165, 1.54) is 0 Å². The molecule has 0 spiro atoms. The van der Waals surface area contributed by atoms with Crippen LogP contribution in [0, 0.1) is 6.92 Å². The summed E-state index contributed by atoms with van der Waals surface area (Å²) >= 11 is 0. The van der Waals surface area contributed by atoms with Gasteiger partial charge in [-0.3, -0.25) is 4.79 Å². The predicted octanol–water partition coefficient (Wildman–Crippen LogP) is 4.31. The maximum atomic E-state index is 13.4. The quantitative estimate of drug-likeness (QED) is 0.539. The van der Waals surface area contributed by atoms with Gasteiger partial charge in [-0.05, 0) is 56.2 Å². The van der Waals surface area contributed by atoms with Gasteiger partial charge in [0, 0.05) is 23.9 Å². The lowest BCUT2D eigenvalue weighted by atomic mass is 10.1. The van der Waals surface area contributed by atoms with Crippen LogP contribution in [0.25, 0.3) is 22.4 Å². The van der Waals surface area contributed by atoms with E-state index in [0.29, 0.717) is 17.9 Å². The number of nitrogens with one attached hydrogen (secondary N) is 1. The maximum Gasteiger partial charge on any atom is 0.254 e. The second-order valence-corrected chi connectivity index (χ2v) is 7.75. The van der Waals surface area contributed by atoms with Gasteiger partial charge in [-0.25, -0.2) is 15.0 Å². The first-order valence-corrected chi connectivity index (χ1v) is 10.4. The first-order chi connectivity index (χ1) is 15.1. The number of hydrogen-bond acceptors (Lipinski definition) is 5. The smallest absolute Gasteiger partial charge is 0.254 e. The Morgan fingerprint density at radius 3 is 2.94 bits per heavy atom. The molecular formula is C24H23N5O2. The normalized spacial score (nSPS) is 16.1. The fourth-order valence-corrected chi connectivity index (χ4v) is 4.21. The Bertz CT molecular complexity index is 1270. The molecule has 1 fully saturated rings. The van der Waals surface area contributed by atoms with Crippen LogP contribution >= 0.6 is 0 Å². The minimum absolute atomic E-state index is 0.0122. The van der Waals surface area contributed by atoms with E-state index in [2.05, 4.69) is 15.0 Å². The summed E-state index contributed by atoms with van der Waals surface area (Å²) in [6, 6.07) is 15.1. The van der Waals surface area contributed by atoms with Gasteiger partial charge in [0.1, 0.15) is 11.6 Å². The fraction of sp³-hybridized carbons (Fsp3) is 0.250. The molecule has 2 aromatic heterocycles. The monoisotopic (exact) mass is 413 g/mol. The van der Waals surface area contributed by atoms with Crippen molar-refractivity contribution < 1.29 is 9.53 Å². The van der Waals surface area contributed by atoms with Crippen molar-refractivity contribution in [3.8, 4) is 17.1 Å². The van der Waals surface area contributed by atoms with Crippen LogP contribution in [0.2, 0.25) is 0 Å². The van der Waals surface area contributed by atoms with Crippen LogP contribution in [0.5, 0.6) is 5.75 Å². The first-order valence-electron chi connectivity index (χ1n) is 10.4. The lowest BCUT2D eigenvalue weighted by molar-refractivity contribution is 0.0733. The third-order valence-corrected chi connectivity index (χ3v) is 5.71. The SMILES string of the molecule is COc1cccc(-c2nccc(C3CCCN3C(=O)c3ccc4nc(C)[nH]c4c3)n2)c1. The van der Waals surface area contributed by atoms with Crippen LogP contribution in [-0.4, -0.2) is 44.4 Å². The van der Waals surface area contributed by atoms with E-state index in [9.17, 15) is 4.79 Å². The number of carbonyl (C=O) groups is 1. The summed E-state index contributed by atoms with van der Waals surface area (Å²) in [7, 11) is 1.64. The van der Waals surface area contributed by atoms with Gasteiger partial charge < -0.3 is 14.6 Å². The molecule has 1 aliphatic heterocycles. The summed E-state index contributed by atoms with van der Waals surface area (Å²) in [5, 5.41) is 0. The molecule has 1 saturated heterocycles. The van der Waals surface area contributed by atoms with Gasteiger partial charge in [-0.2, -0.15) is 0 Å². The van der Waals surface area contributed by atoms with Crippen LogP contribution in [-0.2, 0) is 0 Å². The molecule has 1 unspecified atom stereocenters. The van der Waals surface area contributed by atoms with Crippen molar-refractivity contribution in [2.45, 2.75) is 25.8 Å². The molecule has 0 radical (unpaired) electrons. The van der Waals surface area contributed by atoms with E-state index in [4.69, 9.17) is 9.72 Å². The maximum absolute atomic E-state index is 13.4. The van der Waals surface area contributed by atoms with Crippen LogP contribution in [0.4, 0.5) is 0 Å². The summed E-state index contributed by atoms with van der Waals surface area (Å²) in [5.74, 6) is 2.24. The number of fused-ring (bicyclic) bond motifs is 1. The molecule has 1 aliphatic rings. The third kappa shape index (κ3) is 3.63. The standard InChI is InChI=1S/C24H23N5O2/c1-15-26-19-9-8-17(14-21(19)27-15)24(30)29-12-4-7-22(29)20-10-11-25-23(28-20)16-5-3-6-18(13-16)31-2/h3,5-6,8-11,13-14,22H,4,7,12H2,1-2H3,(H,26,27). The Labute approximate surface area is 180 Å². The number of rotatable bonds is 4. The number of imidazole rings is 1. The van der Waals surface area contributed by atoms with E-state index in [1.54, 1.807) is 13.3 Å². The van der Waals surface area contributed by atoms with E-state index >= 15 is 0 Å². The number of ether oxygens (including phenoxy) is 1. The molecule has 3 heterocycles. The molecule has 5 rings (SSSR count). The Hall–Kier alpha value is -3.74. The zero-order valence-corrected chi connectivity index (χ0v) is 17.5. The number of methoxy groups -OCH3 is 1. The number of carbonyl (C=O) groups excluding carboxylic acids is 1. The van der Waals surface area contributed by atoms with Crippen LogP contribution in [0.15, 0.2) is 54.7 Å². The van der Waals surface area contributed by atoms with Crippen molar-refractivity contribution in [2.75, 3.05) is 13.7 Å². The predicted molar refractivity (Wildman–Crippen MR) is 118 cm³/mol. The number of aryl methyl sites for hydroxylation is 1. The number of amides is 1. The minimum Gasteiger partial charge on any atom is -0.497 e. The number of aromatic nitrogens is 4. The second-order valence-electron chi connectivity index (χ2n) is 7.75. The first kappa shape index (κ1) is 19.2. The van der Waals surface area contributed by atoms with E-state index in [1.807, 2.05) is 60.4 Å². The zero-order valence-electron chi connectivity index (χ0n) is 17.5. The molecule has 1 N–H and O–H groups in total. The highest BCUT2D eigenvalue weighted by Crippen LogP contribution is 2.33. The Balaban J connectivity index is 1.45. The minimum atomic E-state index is -0.0703. The van der Waals surface area contributed by atoms with Crippen molar-refractivity contribution >= 4 is 16.9 Å². The molecule has 0 bridgehead atoms. The fourth-order valence-electron chi connectivity index (χ4n) is 4.21. The Kier molecular flexibility index (Phi) is 4.86. The summed E-state index contributed by atoms with van der Waals surface area (Å²) in [4.78, 5) is 32.1. The topological polar surface area (TPSA) is 84.0 Å². The Morgan fingerprint density at radius 2 is 2.06 bits per heavy atom. The summed E-state index contributed by atoms with van der Waals surface area (Å²) < 4.78 is 5.32. The molecule has 4 aromatic rings. The highest BCUT2D eigenvalue weighted by molar-refractivity contribution is 5.97. The number of nitrogens with zero attached hydrogens (tertiary/aromatic N) is 4. The highest BCUT2D eigenvalue weighted by atomic mass is 16.5. The Morgan fingerprint density at radius 1 is 1.16 bits per heavy atom. The average Bonchev–Trinajstić information content (AvgIpc) is 3.44. The molecule has 156 valence electrons. The van der Waals surface area contributed by atoms with Gasteiger partial charge in [-0.1, -0.05) is 12.1 Å². The summed E-state index contributed by atoms with van der Waals surface area (Å²) in [6.45, 7) is 2.62. The molecule has 1 atom stereocenters. The number of hydrogen-bond donors (Lipinski definition) is 1. The van der Waals surface area contributed by atoms with E-state index < -0.39 is 0 Å². The number of benzene rings is 2. The highest BCUT2D eigenvalue weighted by Gasteiger charge is 2.32. The van der Waals surface area contributed by atoms with Gasteiger partial charge in [0.2, 0.25) is 0 Å². The molecule has 0 saturated carbocycles. The van der Waals surface area contributed by atoms with E-state index in [-0.39, 0.29) is 11.9 Å². The van der Waals surface area contributed by atoms with Crippen molar-refractivity contribution in [2.24, 2.45) is 0 Å². The molecule has 31 heavy (non-hydrogen) atoms. The van der Waals surface area contributed by atoms with Crippen molar-refractivity contribution in [1.29, 1.82) is 0 Å². The molecule has 1 amide bonds. The lowest BCUT2D eigenvalue weighted by Gasteiger charge is -2.24. The van der Waals surface area contributed by atoms with Crippen molar-refractivity contribution in [3.63, 3.8) is 0 Å². The van der Waals surface area contributed by atoms with Gasteiger partial charge in [0.15, 0.2) is 5.82 Å². The molecule has 2 aromatic carbocycles. The van der Waals surface area contributed by atoms with Crippen LogP contribution in [0.1, 0.15) is 40.8 Å². The average molecular weight is 413 g/mol. The van der Waals surface area contributed by atoms with Crippen LogP contribution in [0.3, 0.4) is 0 Å². The second kappa shape index (κ2) is 7.83. The lowest BCUT2D eigenvalue weighted by Crippen LogP contribution is -2.31. The van der Waals surface area contributed by atoms with Crippen LogP contribution < -0.4 is 4.74 Å².